The molecule has 1 unspecified atom stereocenters. The van der Waals surface area contributed by atoms with Gasteiger partial charge in [-0.1, -0.05) is 6.07 Å². The smallest absolute Gasteiger partial charge is 0.414 e. The summed E-state index contributed by atoms with van der Waals surface area (Å²) in [5.74, 6) is 0.116. The van der Waals surface area contributed by atoms with Gasteiger partial charge in [-0.2, -0.15) is 0 Å². The molecular formula is C22H26ClFN4O3. The largest absolute Gasteiger partial charge is 0.447 e. The molecule has 1 atom stereocenters. The first kappa shape index (κ1) is 22.8. The van der Waals surface area contributed by atoms with Crippen LogP contribution >= 0.6 is 12.4 Å². The molecule has 2 fully saturated rings. The van der Waals surface area contributed by atoms with E-state index in [1.54, 1.807) is 17.9 Å². The van der Waals surface area contributed by atoms with Gasteiger partial charge < -0.3 is 14.5 Å². The Morgan fingerprint density at radius 3 is 2.45 bits per heavy atom. The highest BCUT2D eigenvalue weighted by molar-refractivity contribution is 5.96. The number of halogens is 2. The number of carbonyl (C=O) groups is 2. The van der Waals surface area contributed by atoms with Crippen LogP contribution in [0.3, 0.4) is 0 Å². The van der Waals surface area contributed by atoms with E-state index in [0.717, 1.165) is 16.9 Å². The lowest BCUT2D eigenvalue weighted by Crippen LogP contribution is -2.49. The predicted octanol–water partition coefficient (Wildman–Crippen LogP) is 3.57. The lowest BCUT2D eigenvalue weighted by Gasteiger charge is -2.36. The van der Waals surface area contributed by atoms with E-state index in [1.807, 2.05) is 20.0 Å². The number of piperazine rings is 1. The summed E-state index contributed by atoms with van der Waals surface area (Å²) in [6.45, 7) is 8.46. The molecule has 7 nitrogen and oxygen atoms in total. The Kier molecular flexibility index (Phi) is 6.69. The molecule has 0 bridgehead atoms. The van der Waals surface area contributed by atoms with Crippen molar-refractivity contribution in [1.82, 2.24) is 9.88 Å². The molecule has 2 aromatic rings. The normalized spacial score (nSPS) is 18.6. The zero-order chi connectivity index (χ0) is 21.4. The van der Waals surface area contributed by atoms with Gasteiger partial charge in [0.1, 0.15) is 18.2 Å². The van der Waals surface area contributed by atoms with Crippen LogP contribution in [0.1, 0.15) is 28.4 Å². The van der Waals surface area contributed by atoms with Gasteiger partial charge in [-0.05, 0) is 50.1 Å². The third-order valence-corrected chi connectivity index (χ3v) is 5.59. The van der Waals surface area contributed by atoms with Gasteiger partial charge in [0, 0.05) is 37.9 Å². The van der Waals surface area contributed by atoms with Crippen LogP contribution in [-0.4, -0.2) is 60.7 Å². The average Bonchev–Trinajstić information content (AvgIpc) is 3.06. The zero-order valence-electron chi connectivity index (χ0n) is 17.8. The maximum Gasteiger partial charge on any atom is 0.414 e. The number of hydrogen-bond acceptors (Lipinski definition) is 5. The molecule has 1 aromatic heterocycles. The third kappa shape index (κ3) is 4.44. The van der Waals surface area contributed by atoms with E-state index in [2.05, 4.69) is 16.0 Å². The summed E-state index contributed by atoms with van der Waals surface area (Å²) in [4.78, 5) is 34.4. The molecule has 31 heavy (non-hydrogen) atoms. The van der Waals surface area contributed by atoms with Crippen LogP contribution in [0.5, 0.6) is 0 Å². The van der Waals surface area contributed by atoms with Crippen LogP contribution in [0, 0.1) is 19.7 Å². The molecule has 0 spiro atoms. The molecular weight excluding hydrogens is 423 g/mol. The second-order valence-electron chi connectivity index (χ2n) is 7.89. The summed E-state index contributed by atoms with van der Waals surface area (Å²) in [6.07, 6.45) is 1.28. The number of ether oxygens (including phenoxy) is 1. The maximum absolute atomic E-state index is 14.7. The summed E-state index contributed by atoms with van der Waals surface area (Å²) < 4.78 is 19.7. The SMILES string of the molecule is Cc1cnc(N2CCN(C(=O)c3ccc(N4C(=O)OCC4C)c(F)c3)CC2)c(C)c1.Cl. The van der Waals surface area contributed by atoms with Crippen molar-refractivity contribution in [2.75, 3.05) is 42.6 Å². The van der Waals surface area contributed by atoms with Gasteiger partial charge in [0.15, 0.2) is 0 Å². The molecule has 0 radical (unpaired) electrons. The summed E-state index contributed by atoms with van der Waals surface area (Å²) >= 11 is 0. The highest BCUT2D eigenvalue weighted by Gasteiger charge is 2.33. The van der Waals surface area contributed by atoms with E-state index >= 15 is 0 Å². The molecule has 0 saturated carbocycles. The lowest BCUT2D eigenvalue weighted by atomic mass is 10.1. The van der Waals surface area contributed by atoms with Crippen molar-refractivity contribution in [1.29, 1.82) is 0 Å². The van der Waals surface area contributed by atoms with Gasteiger partial charge in [-0.25, -0.2) is 14.2 Å². The summed E-state index contributed by atoms with van der Waals surface area (Å²) in [7, 11) is 0. The Balaban J connectivity index is 0.00000272. The Morgan fingerprint density at radius 1 is 1.16 bits per heavy atom. The van der Waals surface area contributed by atoms with E-state index in [0.29, 0.717) is 26.2 Å². The molecule has 0 aliphatic carbocycles. The van der Waals surface area contributed by atoms with Gasteiger partial charge in [-0.15, -0.1) is 12.4 Å². The van der Waals surface area contributed by atoms with Crippen molar-refractivity contribution in [3.8, 4) is 0 Å². The fourth-order valence-corrected chi connectivity index (χ4v) is 4.03. The molecule has 0 N–H and O–H groups in total. The number of cyclic esters (lactones) is 1. The molecule has 166 valence electrons. The van der Waals surface area contributed by atoms with Crippen molar-refractivity contribution in [2.24, 2.45) is 0 Å². The first-order valence-electron chi connectivity index (χ1n) is 10.1. The van der Waals surface area contributed by atoms with E-state index in [4.69, 9.17) is 4.74 Å². The molecule has 2 aliphatic rings. The van der Waals surface area contributed by atoms with Crippen molar-refractivity contribution in [3.05, 3.63) is 53.0 Å². The topological polar surface area (TPSA) is 66.0 Å². The number of carbonyl (C=O) groups excluding carboxylic acids is 2. The van der Waals surface area contributed by atoms with Crippen molar-refractivity contribution in [3.63, 3.8) is 0 Å². The monoisotopic (exact) mass is 448 g/mol. The summed E-state index contributed by atoms with van der Waals surface area (Å²) in [5.41, 5.74) is 2.64. The minimum absolute atomic E-state index is 0. The van der Waals surface area contributed by atoms with E-state index in [1.165, 1.54) is 17.0 Å². The van der Waals surface area contributed by atoms with Crippen LogP contribution in [0.15, 0.2) is 30.5 Å². The Labute approximate surface area is 187 Å². The van der Waals surface area contributed by atoms with Crippen molar-refractivity contribution < 1.29 is 18.7 Å². The van der Waals surface area contributed by atoms with E-state index in [9.17, 15) is 14.0 Å². The van der Waals surface area contributed by atoms with E-state index in [-0.39, 0.29) is 42.2 Å². The van der Waals surface area contributed by atoms with Crippen molar-refractivity contribution in [2.45, 2.75) is 26.8 Å². The maximum atomic E-state index is 14.7. The number of aromatic nitrogens is 1. The summed E-state index contributed by atoms with van der Waals surface area (Å²) in [6, 6.07) is 6.09. The number of amides is 2. The fourth-order valence-electron chi connectivity index (χ4n) is 4.03. The van der Waals surface area contributed by atoms with Gasteiger partial charge in [0.2, 0.25) is 0 Å². The van der Waals surface area contributed by atoms with Crippen LogP contribution < -0.4 is 9.80 Å². The molecule has 1 aromatic carbocycles. The summed E-state index contributed by atoms with van der Waals surface area (Å²) in [5, 5.41) is 0. The minimum atomic E-state index is -0.607. The first-order chi connectivity index (χ1) is 14.3. The van der Waals surface area contributed by atoms with Gasteiger partial charge in [-0.3, -0.25) is 9.69 Å². The van der Waals surface area contributed by atoms with Crippen LogP contribution in [-0.2, 0) is 4.74 Å². The average molecular weight is 449 g/mol. The number of hydrogen-bond donors (Lipinski definition) is 0. The van der Waals surface area contributed by atoms with Crippen LogP contribution in [0.2, 0.25) is 0 Å². The molecule has 2 saturated heterocycles. The highest BCUT2D eigenvalue weighted by Crippen LogP contribution is 2.27. The number of aryl methyl sites for hydroxylation is 2. The Bertz CT molecular complexity index is 995. The first-order valence-corrected chi connectivity index (χ1v) is 10.1. The van der Waals surface area contributed by atoms with Gasteiger partial charge in [0.05, 0.1) is 11.7 Å². The molecule has 2 aliphatic heterocycles. The van der Waals surface area contributed by atoms with Gasteiger partial charge >= 0.3 is 6.09 Å². The highest BCUT2D eigenvalue weighted by atomic mass is 35.5. The predicted molar refractivity (Wildman–Crippen MR) is 119 cm³/mol. The molecule has 2 amide bonds. The Hall–Kier alpha value is -2.87. The quantitative estimate of drug-likeness (QED) is 0.718. The molecule has 9 heteroatoms. The van der Waals surface area contributed by atoms with Crippen LogP contribution in [0.25, 0.3) is 0 Å². The van der Waals surface area contributed by atoms with E-state index < -0.39 is 11.9 Å². The number of rotatable bonds is 3. The number of nitrogens with zero attached hydrogens (tertiary/aromatic N) is 4. The fraction of sp³-hybridized carbons (Fsp3) is 0.409. The number of anilines is 2. The minimum Gasteiger partial charge on any atom is -0.447 e. The Morgan fingerprint density at radius 2 is 1.87 bits per heavy atom. The lowest BCUT2D eigenvalue weighted by molar-refractivity contribution is 0.0746. The standard InChI is InChI=1S/C22H25FN4O3.ClH/c1-14-10-15(2)20(24-12-14)25-6-8-26(9-7-25)21(28)17-4-5-19(18(23)11-17)27-16(3)13-30-22(27)29;/h4-5,10-12,16H,6-9,13H2,1-3H3;1H. The number of pyridine rings is 1. The molecule has 4 rings (SSSR count). The third-order valence-electron chi connectivity index (χ3n) is 5.59. The second kappa shape index (κ2) is 9.09. The number of benzene rings is 1. The molecule has 3 heterocycles. The second-order valence-corrected chi connectivity index (χ2v) is 7.89. The van der Waals surface area contributed by atoms with Crippen LogP contribution in [0.4, 0.5) is 20.7 Å². The van der Waals surface area contributed by atoms with Gasteiger partial charge in [0.25, 0.3) is 5.91 Å². The zero-order valence-corrected chi connectivity index (χ0v) is 18.6. The van der Waals surface area contributed by atoms with Crippen molar-refractivity contribution >= 4 is 35.9 Å².